The summed E-state index contributed by atoms with van der Waals surface area (Å²) < 4.78 is 0. The lowest BCUT2D eigenvalue weighted by Crippen LogP contribution is -2.30. The van der Waals surface area contributed by atoms with Crippen LogP contribution in [0.2, 0.25) is 0 Å². The lowest BCUT2D eigenvalue weighted by molar-refractivity contribution is 0.0944. The number of thiophene rings is 1. The summed E-state index contributed by atoms with van der Waals surface area (Å²) >= 11 is 1.51. The fourth-order valence-electron chi connectivity index (χ4n) is 3.68. The second kappa shape index (κ2) is 8.45. The summed E-state index contributed by atoms with van der Waals surface area (Å²) in [5.41, 5.74) is 2.37. The normalized spacial score (nSPS) is 16.4. The zero-order valence-corrected chi connectivity index (χ0v) is 17.5. The van der Waals surface area contributed by atoms with Crippen molar-refractivity contribution in [2.75, 3.05) is 18.5 Å². The number of hydrogen-bond donors (Lipinski definition) is 3. The van der Waals surface area contributed by atoms with Gasteiger partial charge in [0.2, 0.25) is 0 Å². The first-order valence-electron chi connectivity index (χ1n) is 9.71. The van der Waals surface area contributed by atoms with Crippen molar-refractivity contribution >= 4 is 28.2 Å². The van der Waals surface area contributed by atoms with E-state index in [1.807, 2.05) is 18.2 Å². The van der Waals surface area contributed by atoms with Gasteiger partial charge in [-0.3, -0.25) is 9.59 Å². The Labute approximate surface area is 170 Å². The van der Waals surface area contributed by atoms with Gasteiger partial charge in [0, 0.05) is 17.0 Å². The van der Waals surface area contributed by atoms with Crippen LogP contribution in [0.4, 0.5) is 5.00 Å². The van der Waals surface area contributed by atoms with Crippen LogP contribution in [0.5, 0.6) is 0 Å². The first kappa shape index (κ1) is 20.6. The van der Waals surface area contributed by atoms with Crippen molar-refractivity contribution in [2.24, 2.45) is 11.3 Å². The molecule has 1 atom stereocenters. The summed E-state index contributed by atoms with van der Waals surface area (Å²) in [6, 6.07) is 9.00. The molecule has 6 heteroatoms. The lowest BCUT2D eigenvalue weighted by Gasteiger charge is -2.33. The van der Waals surface area contributed by atoms with Crippen LogP contribution in [-0.4, -0.2) is 30.1 Å². The minimum absolute atomic E-state index is 0.115. The van der Waals surface area contributed by atoms with E-state index in [0.29, 0.717) is 22.0 Å². The lowest BCUT2D eigenvalue weighted by atomic mass is 9.72. The topological polar surface area (TPSA) is 78.4 Å². The molecule has 0 bridgehead atoms. The summed E-state index contributed by atoms with van der Waals surface area (Å²) in [6.07, 6.45) is 2.78. The van der Waals surface area contributed by atoms with Gasteiger partial charge in [-0.15, -0.1) is 11.3 Å². The van der Waals surface area contributed by atoms with Crippen molar-refractivity contribution in [3.05, 3.63) is 51.9 Å². The van der Waals surface area contributed by atoms with Gasteiger partial charge in [-0.25, -0.2) is 0 Å². The van der Waals surface area contributed by atoms with Gasteiger partial charge in [0.25, 0.3) is 11.8 Å². The molecule has 150 valence electrons. The van der Waals surface area contributed by atoms with E-state index in [0.717, 1.165) is 24.8 Å². The number of rotatable bonds is 5. The van der Waals surface area contributed by atoms with E-state index < -0.39 is 0 Å². The second-order valence-electron chi connectivity index (χ2n) is 8.31. The maximum Gasteiger partial charge on any atom is 0.256 e. The minimum atomic E-state index is -0.232. The Morgan fingerprint density at radius 3 is 2.54 bits per heavy atom. The van der Waals surface area contributed by atoms with Crippen LogP contribution in [0.15, 0.2) is 30.3 Å². The van der Waals surface area contributed by atoms with Gasteiger partial charge in [-0.2, -0.15) is 0 Å². The molecule has 0 aliphatic heterocycles. The van der Waals surface area contributed by atoms with Gasteiger partial charge < -0.3 is 15.7 Å². The SMILES string of the molecule is CC(C)(C)C1CCc2c(sc(NC(=O)c3ccccc3)c2C(=O)NCCO)C1. The van der Waals surface area contributed by atoms with Crippen LogP contribution in [-0.2, 0) is 12.8 Å². The Bertz CT molecular complexity index is 853. The zero-order chi connectivity index (χ0) is 20.3. The van der Waals surface area contributed by atoms with Crippen LogP contribution in [0.1, 0.15) is 58.3 Å². The van der Waals surface area contributed by atoms with Crippen molar-refractivity contribution in [2.45, 2.75) is 40.0 Å². The van der Waals surface area contributed by atoms with E-state index in [9.17, 15) is 9.59 Å². The zero-order valence-electron chi connectivity index (χ0n) is 16.7. The summed E-state index contributed by atoms with van der Waals surface area (Å²) in [4.78, 5) is 26.6. The standard InChI is InChI=1S/C22H28N2O3S/c1-22(2,3)15-9-10-16-17(13-15)28-21(18(16)20(27)23-11-12-25)24-19(26)14-7-5-4-6-8-14/h4-8,15,25H,9-13H2,1-3H3,(H,23,27)(H,24,26). The molecule has 1 aromatic heterocycles. The highest BCUT2D eigenvalue weighted by Crippen LogP contribution is 2.44. The molecule has 2 aromatic rings. The number of amides is 2. The molecule has 3 rings (SSSR count). The van der Waals surface area contributed by atoms with E-state index in [2.05, 4.69) is 31.4 Å². The van der Waals surface area contributed by atoms with E-state index in [4.69, 9.17) is 5.11 Å². The first-order valence-corrected chi connectivity index (χ1v) is 10.5. The Morgan fingerprint density at radius 2 is 1.89 bits per heavy atom. The molecule has 1 heterocycles. The fraction of sp³-hybridized carbons (Fsp3) is 0.455. The van der Waals surface area contributed by atoms with Crippen molar-refractivity contribution < 1.29 is 14.7 Å². The molecule has 3 N–H and O–H groups in total. The smallest absolute Gasteiger partial charge is 0.256 e. The summed E-state index contributed by atoms with van der Waals surface area (Å²) in [5.74, 6) is 0.0941. The number of fused-ring (bicyclic) bond motifs is 1. The molecule has 0 saturated carbocycles. The third kappa shape index (κ3) is 4.45. The first-order chi connectivity index (χ1) is 13.3. The molecule has 0 spiro atoms. The maximum atomic E-state index is 12.8. The number of carbonyl (C=O) groups is 2. The number of aliphatic hydroxyl groups excluding tert-OH is 1. The second-order valence-corrected chi connectivity index (χ2v) is 9.42. The highest BCUT2D eigenvalue weighted by atomic mass is 32.1. The molecule has 1 aromatic carbocycles. The molecule has 0 radical (unpaired) electrons. The van der Waals surface area contributed by atoms with Crippen LogP contribution < -0.4 is 10.6 Å². The van der Waals surface area contributed by atoms with E-state index in [-0.39, 0.29) is 30.4 Å². The quantitative estimate of drug-likeness (QED) is 0.713. The van der Waals surface area contributed by atoms with Gasteiger partial charge in [-0.1, -0.05) is 39.0 Å². The number of benzene rings is 1. The van der Waals surface area contributed by atoms with Crippen molar-refractivity contribution in [1.29, 1.82) is 0 Å². The molecule has 1 aliphatic rings. The van der Waals surface area contributed by atoms with Crippen molar-refractivity contribution in [3.63, 3.8) is 0 Å². The molecule has 1 aliphatic carbocycles. The highest BCUT2D eigenvalue weighted by molar-refractivity contribution is 7.17. The third-order valence-electron chi connectivity index (χ3n) is 5.38. The number of carbonyl (C=O) groups excluding carboxylic acids is 2. The number of hydrogen-bond acceptors (Lipinski definition) is 4. The van der Waals surface area contributed by atoms with Crippen molar-refractivity contribution in [3.8, 4) is 0 Å². The molecular formula is C22H28N2O3S. The van der Waals surface area contributed by atoms with E-state index in [1.54, 1.807) is 12.1 Å². The predicted octanol–water partition coefficient (Wildman–Crippen LogP) is 3.87. The number of anilines is 1. The fourth-order valence-corrected chi connectivity index (χ4v) is 5.00. The Morgan fingerprint density at radius 1 is 1.18 bits per heavy atom. The van der Waals surface area contributed by atoms with Gasteiger partial charge in [0.05, 0.1) is 12.2 Å². The van der Waals surface area contributed by atoms with Gasteiger partial charge in [0.1, 0.15) is 5.00 Å². The summed E-state index contributed by atoms with van der Waals surface area (Å²) in [7, 11) is 0. The van der Waals surface area contributed by atoms with Crippen LogP contribution in [0.25, 0.3) is 0 Å². The highest BCUT2D eigenvalue weighted by Gasteiger charge is 2.34. The monoisotopic (exact) mass is 400 g/mol. The van der Waals surface area contributed by atoms with E-state index >= 15 is 0 Å². The third-order valence-corrected chi connectivity index (χ3v) is 6.55. The Hall–Kier alpha value is -2.18. The van der Waals surface area contributed by atoms with Crippen molar-refractivity contribution in [1.82, 2.24) is 5.32 Å². The molecule has 0 fully saturated rings. The van der Waals surface area contributed by atoms with Crippen LogP contribution in [0, 0.1) is 11.3 Å². The van der Waals surface area contributed by atoms with Crippen LogP contribution in [0.3, 0.4) is 0 Å². The van der Waals surface area contributed by atoms with Crippen LogP contribution >= 0.6 is 11.3 Å². The average Bonchev–Trinajstić information content (AvgIpc) is 3.03. The minimum Gasteiger partial charge on any atom is -0.395 e. The molecule has 1 unspecified atom stereocenters. The largest absolute Gasteiger partial charge is 0.395 e. The summed E-state index contributed by atoms with van der Waals surface area (Å²) in [5, 5.41) is 15.4. The average molecular weight is 401 g/mol. The molecule has 0 saturated heterocycles. The number of nitrogens with one attached hydrogen (secondary N) is 2. The predicted molar refractivity (Wildman–Crippen MR) is 113 cm³/mol. The Kier molecular flexibility index (Phi) is 6.20. The maximum absolute atomic E-state index is 12.8. The van der Waals surface area contributed by atoms with Gasteiger partial charge in [0.15, 0.2) is 0 Å². The Balaban J connectivity index is 1.93. The summed E-state index contributed by atoms with van der Waals surface area (Å²) in [6.45, 7) is 6.84. The van der Waals surface area contributed by atoms with Gasteiger partial charge >= 0.3 is 0 Å². The molecule has 2 amide bonds. The number of aliphatic hydroxyl groups is 1. The van der Waals surface area contributed by atoms with Gasteiger partial charge in [-0.05, 0) is 48.3 Å². The molecule has 5 nitrogen and oxygen atoms in total. The van der Waals surface area contributed by atoms with E-state index in [1.165, 1.54) is 16.2 Å². The molecular weight excluding hydrogens is 372 g/mol. The molecule has 28 heavy (non-hydrogen) atoms.